The Morgan fingerprint density at radius 3 is 2.21 bits per heavy atom. The maximum Gasteiger partial charge on any atom is 0.193 e. The maximum atomic E-state index is 9.10. The molecule has 1 aliphatic heterocycles. The second-order valence-electron chi connectivity index (χ2n) is 3.52. The number of hydrogen-bond donors (Lipinski definition) is 1. The van der Waals surface area contributed by atoms with Crippen LogP contribution in [0.3, 0.4) is 0 Å². The normalized spacial score (nSPS) is 23.1. The van der Waals surface area contributed by atoms with Crippen LogP contribution in [0.4, 0.5) is 0 Å². The van der Waals surface area contributed by atoms with E-state index in [9.17, 15) is 0 Å². The minimum atomic E-state index is -0.485. The second kappa shape index (κ2) is 5.04. The van der Waals surface area contributed by atoms with Gasteiger partial charge in [0.1, 0.15) is 0 Å². The summed E-state index contributed by atoms with van der Waals surface area (Å²) >= 11 is 0. The average molecular weight is 205 g/mol. The predicted molar refractivity (Wildman–Crippen MR) is 51.1 cm³/mol. The number of methoxy groups -OCH3 is 3. The quantitative estimate of drug-likeness (QED) is 0.581. The Hall–Kier alpha value is -0.200. The van der Waals surface area contributed by atoms with Crippen molar-refractivity contribution in [2.45, 2.75) is 11.8 Å². The molecule has 14 heavy (non-hydrogen) atoms. The summed E-state index contributed by atoms with van der Waals surface area (Å²) in [5, 5.41) is 9.10. The smallest absolute Gasteiger partial charge is 0.193 e. The van der Waals surface area contributed by atoms with Crippen LogP contribution in [-0.4, -0.2) is 69.5 Å². The van der Waals surface area contributed by atoms with E-state index in [1.165, 1.54) is 0 Å². The van der Waals surface area contributed by atoms with Gasteiger partial charge in [0, 0.05) is 21.3 Å². The monoisotopic (exact) mass is 205 g/mol. The van der Waals surface area contributed by atoms with Crippen LogP contribution in [-0.2, 0) is 14.2 Å². The number of ether oxygens (including phenoxy) is 3. The van der Waals surface area contributed by atoms with Gasteiger partial charge in [-0.15, -0.1) is 0 Å². The molecular weight excluding hydrogens is 186 g/mol. The van der Waals surface area contributed by atoms with E-state index in [1.807, 2.05) is 0 Å². The Morgan fingerprint density at radius 2 is 1.86 bits per heavy atom. The Bertz CT molecular complexity index is 164. The first-order valence-electron chi connectivity index (χ1n) is 4.65. The summed E-state index contributed by atoms with van der Waals surface area (Å²) in [7, 11) is 4.89. The lowest BCUT2D eigenvalue weighted by Gasteiger charge is -2.50. The van der Waals surface area contributed by atoms with Crippen molar-refractivity contribution in [1.29, 1.82) is 0 Å². The van der Waals surface area contributed by atoms with Crippen LogP contribution in [0.1, 0.15) is 0 Å². The third-order valence-electron chi connectivity index (χ3n) is 2.72. The Morgan fingerprint density at radius 1 is 1.29 bits per heavy atom. The van der Waals surface area contributed by atoms with Gasteiger partial charge in [-0.3, -0.25) is 4.90 Å². The number of hydrogen-bond acceptors (Lipinski definition) is 5. The van der Waals surface area contributed by atoms with Crippen LogP contribution in [0.5, 0.6) is 0 Å². The molecule has 1 saturated heterocycles. The van der Waals surface area contributed by atoms with Gasteiger partial charge in [-0.25, -0.2) is 0 Å². The summed E-state index contributed by atoms with van der Waals surface area (Å²) in [4.78, 5) is 2.08. The molecule has 0 bridgehead atoms. The van der Waals surface area contributed by atoms with Crippen molar-refractivity contribution in [3.05, 3.63) is 0 Å². The first-order valence-corrected chi connectivity index (χ1v) is 4.65. The van der Waals surface area contributed by atoms with E-state index in [0.717, 1.165) is 0 Å². The predicted octanol–water partition coefficient (Wildman–Crippen LogP) is -0.702. The highest BCUT2D eigenvalue weighted by atomic mass is 16.7. The lowest BCUT2D eigenvalue weighted by molar-refractivity contribution is -0.285. The highest BCUT2D eigenvalue weighted by molar-refractivity contribution is 4.92. The second-order valence-corrected chi connectivity index (χ2v) is 3.52. The topological polar surface area (TPSA) is 51.2 Å². The van der Waals surface area contributed by atoms with E-state index in [0.29, 0.717) is 19.7 Å². The highest BCUT2D eigenvalue weighted by Crippen LogP contribution is 2.26. The van der Waals surface area contributed by atoms with Gasteiger partial charge in [-0.1, -0.05) is 0 Å². The fraction of sp³-hybridized carbons (Fsp3) is 1.00. The van der Waals surface area contributed by atoms with Crippen molar-refractivity contribution in [3.8, 4) is 0 Å². The summed E-state index contributed by atoms with van der Waals surface area (Å²) in [5.74, 6) is -0.485. The Balaban J connectivity index is 2.37. The molecule has 1 heterocycles. The lowest BCUT2D eigenvalue weighted by Crippen LogP contribution is -2.67. The van der Waals surface area contributed by atoms with Crippen molar-refractivity contribution >= 4 is 0 Å². The van der Waals surface area contributed by atoms with Crippen LogP contribution in [0.25, 0.3) is 0 Å². The number of aliphatic hydroxyl groups is 1. The van der Waals surface area contributed by atoms with Crippen molar-refractivity contribution in [1.82, 2.24) is 4.90 Å². The zero-order valence-electron chi connectivity index (χ0n) is 9.02. The molecule has 0 aromatic carbocycles. The third-order valence-corrected chi connectivity index (χ3v) is 2.72. The standard InChI is InChI=1S/C9H19NO4/c1-12-5-8(4-11)10-6-9(7-10,13-2)14-3/h8,11H,4-7H2,1-3H3. The SMILES string of the molecule is COCC(CO)N1CC(OC)(OC)C1. The molecule has 0 spiro atoms. The molecule has 5 heteroatoms. The molecule has 1 fully saturated rings. The van der Waals surface area contributed by atoms with Crippen LogP contribution < -0.4 is 0 Å². The molecule has 1 atom stereocenters. The fourth-order valence-electron chi connectivity index (χ4n) is 1.64. The zero-order valence-corrected chi connectivity index (χ0v) is 9.02. The molecule has 0 aromatic heterocycles. The Kier molecular flexibility index (Phi) is 4.28. The van der Waals surface area contributed by atoms with Gasteiger partial charge < -0.3 is 19.3 Å². The molecule has 1 aliphatic rings. The van der Waals surface area contributed by atoms with E-state index in [4.69, 9.17) is 19.3 Å². The van der Waals surface area contributed by atoms with Gasteiger partial charge in [-0.05, 0) is 0 Å². The van der Waals surface area contributed by atoms with E-state index < -0.39 is 5.79 Å². The summed E-state index contributed by atoms with van der Waals surface area (Å²) in [5.41, 5.74) is 0. The number of nitrogens with zero attached hydrogens (tertiary/aromatic N) is 1. The van der Waals surface area contributed by atoms with E-state index in [1.54, 1.807) is 21.3 Å². The first-order chi connectivity index (χ1) is 6.71. The Labute approximate surface area is 84.5 Å². The minimum Gasteiger partial charge on any atom is -0.395 e. The molecule has 84 valence electrons. The van der Waals surface area contributed by atoms with Crippen molar-refractivity contribution in [3.63, 3.8) is 0 Å². The van der Waals surface area contributed by atoms with Gasteiger partial charge in [0.15, 0.2) is 5.79 Å². The van der Waals surface area contributed by atoms with Crippen molar-refractivity contribution < 1.29 is 19.3 Å². The molecular formula is C9H19NO4. The summed E-state index contributed by atoms with van der Waals surface area (Å²) < 4.78 is 15.5. The molecule has 1 unspecified atom stereocenters. The molecule has 0 saturated carbocycles. The van der Waals surface area contributed by atoms with Gasteiger partial charge in [0.25, 0.3) is 0 Å². The van der Waals surface area contributed by atoms with Crippen molar-refractivity contribution in [2.75, 3.05) is 47.6 Å². The van der Waals surface area contributed by atoms with Gasteiger partial charge in [0.2, 0.25) is 0 Å². The van der Waals surface area contributed by atoms with Crippen LogP contribution in [0, 0.1) is 0 Å². The molecule has 5 nitrogen and oxygen atoms in total. The number of aliphatic hydroxyl groups excluding tert-OH is 1. The first kappa shape index (κ1) is 11.9. The largest absolute Gasteiger partial charge is 0.395 e. The lowest BCUT2D eigenvalue weighted by atomic mass is 10.0. The molecule has 1 N–H and O–H groups in total. The highest BCUT2D eigenvalue weighted by Gasteiger charge is 2.46. The van der Waals surface area contributed by atoms with Crippen LogP contribution in [0.15, 0.2) is 0 Å². The van der Waals surface area contributed by atoms with Crippen molar-refractivity contribution in [2.24, 2.45) is 0 Å². The van der Waals surface area contributed by atoms with Gasteiger partial charge in [-0.2, -0.15) is 0 Å². The summed E-state index contributed by atoms with van der Waals surface area (Å²) in [6.45, 7) is 1.97. The number of likely N-dealkylation sites (tertiary alicyclic amines) is 1. The minimum absolute atomic E-state index is 0.0402. The van der Waals surface area contributed by atoms with Crippen LogP contribution >= 0.6 is 0 Å². The number of rotatable bonds is 6. The van der Waals surface area contributed by atoms with E-state index in [2.05, 4.69) is 4.90 Å². The van der Waals surface area contributed by atoms with Crippen LogP contribution in [0.2, 0.25) is 0 Å². The molecule has 0 aromatic rings. The van der Waals surface area contributed by atoms with E-state index >= 15 is 0 Å². The molecule has 0 radical (unpaired) electrons. The fourth-order valence-corrected chi connectivity index (χ4v) is 1.64. The third kappa shape index (κ3) is 2.24. The average Bonchev–Trinajstić information content (AvgIpc) is 2.16. The maximum absolute atomic E-state index is 9.10. The van der Waals surface area contributed by atoms with Gasteiger partial charge >= 0.3 is 0 Å². The molecule has 0 amide bonds. The zero-order chi connectivity index (χ0) is 10.6. The van der Waals surface area contributed by atoms with Gasteiger partial charge in [0.05, 0.1) is 32.3 Å². The summed E-state index contributed by atoms with van der Waals surface area (Å²) in [6, 6.07) is 0.0402. The van der Waals surface area contributed by atoms with E-state index in [-0.39, 0.29) is 12.6 Å². The molecule has 0 aliphatic carbocycles. The summed E-state index contributed by atoms with van der Waals surface area (Å²) in [6.07, 6.45) is 0. The molecule has 1 rings (SSSR count).